The quantitative estimate of drug-likeness (QED) is 0.225. The van der Waals surface area contributed by atoms with Crippen molar-refractivity contribution in [1.82, 2.24) is 0 Å². The number of ketones is 2. The summed E-state index contributed by atoms with van der Waals surface area (Å²) in [5.74, 6) is -2.48. The molecule has 0 aromatic heterocycles. The largest absolute Gasteiger partial charge is 0.399 e. The zero-order valence-corrected chi connectivity index (χ0v) is 19.0. The Labute approximate surface area is 174 Å². The molecule has 0 saturated heterocycles. The Bertz CT molecular complexity index is 614. The molecule has 1 fully saturated rings. The van der Waals surface area contributed by atoms with Crippen LogP contribution in [0.25, 0.3) is 0 Å². The van der Waals surface area contributed by atoms with Gasteiger partial charge in [-0.2, -0.15) is 4.91 Å². The molecular formula is C22H38N2O5. The summed E-state index contributed by atoms with van der Waals surface area (Å²) in [6, 6.07) is -0.973. The Kier molecular flexibility index (Phi) is 9.59. The standard InChI is InChI=1S/C22H38N2O5/c1-13(2)8-10-16-20(25)19(17(23-28)12-15(5)6)21(26)22(16,27)18(24-29-7)11-9-14(3)4/h13-17,19,27H,8-12H2,1-7H3. The molecule has 0 heterocycles. The molecule has 7 heteroatoms. The highest BCUT2D eigenvalue weighted by Crippen LogP contribution is 2.42. The Morgan fingerprint density at radius 2 is 1.66 bits per heavy atom. The summed E-state index contributed by atoms with van der Waals surface area (Å²) in [6.45, 7) is 11.9. The lowest BCUT2D eigenvalue weighted by Gasteiger charge is -2.29. The van der Waals surface area contributed by atoms with Crippen LogP contribution in [-0.4, -0.2) is 41.1 Å². The number of carbonyl (C=O) groups excluding carboxylic acids is 2. The van der Waals surface area contributed by atoms with Crippen molar-refractivity contribution in [2.24, 2.45) is 39.9 Å². The fourth-order valence-electron chi connectivity index (χ4n) is 4.08. The maximum Gasteiger partial charge on any atom is 0.183 e. The van der Waals surface area contributed by atoms with Crippen molar-refractivity contribution in [2.45, 2.75) is 85.3 Å². The van der Waals surface area contributed by atoms with Gasteiger partial charge in [0.05, 0.1) is 11.6 Å². The van der Waals surface area contributed by atoms with Crippen LogP contribution in [0.1, 0.15) is 73.6 Å². The van der Waals surface area contributed by atoms with Gasteiger partial charge in [-0.15, -0.1) is 0 Å². The SMILES string of the molecule is CON=C(CCC(C)C)C1(O)C(=O)C(C(CC(C)C)N=O)C(=O)C1CCC(C)C. The van der Waals surface area contributed by atoms with Crippen LogP contribution in [0.15, 0.2) is 10.3 Å². The first kappa shape index (κ1) is 25.4. The van der Waals surface area contributed by atoms with E-state index in [1.165, 1.54) is 7.11 Å². The van der Waals surface area contributed by atoms with E-state index < -0.39 is 35.0 Å². The normalized spacial score (nSPS) is 26.7. The molecule has 0 aliphatic heterocycles. The summed E-state index contributed by atoms with van der Waals surface area (Å²) in [7, 11) is 1.36. The van der Waals surface area contributed by atoms with Crippen LogP contribution in [0.2, 0.25) is 0 Å². The van der Waals surface area contributed by atoms with Gasteiger partial charge in [0.2, 0.25) is 0 Å². The predicted octanol–water partition coefficient (Wildman–Crippen LogP) is 4.16. The zero-order chi connectivity index (χ0) is 22.4. The molecule has 1 saturated carbocycles. The van der Waals surface area contributed by atoms with Crippen LogP contribution in [0, 0.1) is 34.5 Å². The number of nitrogens with zero attached hydrogens (tertiary/aromatic N) is 2. The van der Waals surface area contributed by atoms with E-state index >= 15 is 0 Å². The van der Waals surface area contributed by atoms with Gasteiger partial charge in [0, 0.05) is 0 Å². The first-order chi connectivity index (χ1) is 13.5. The second kappa shape index (κ2) is 11.0. The highest BCUT2D eigenvalue weighted by atomic mass is 16.6. The fourth-order valence-corrected chi connectivity index (χ4v) is 4.08. The maximum atomic E-state index is 13.4. The van der Waals surface area contributed by atoms with E-state index in [0.717, 1.165) is 0 Å². The van der Waals surface area contributed by atoms with Gasteiger partial charge in [0.1, 0.15) is 19.1 Å². The van der Waals surface area contributed by atoms with Crippen molar-refractivity contribution < 1.29 is 19.5 Å². The summed E-state index contributed by atoms with van der Waals surface area (Å²) < 4.78 is 0. The Morgan fingerprint density at radius 1 is 1.07 bits per heavy atom. The van der Waals surface area contributed by atoms with Crippen molar-refractivity contribution >= 4 is 17.3 Å². The molecule has 4 unspecified atom stereocenters. The molecule has 1 aliphatic rings. The lowest BCUT2D eigenvalue weighted by atomic mass is 9.79. The van der Waals surface area contributed by atoms with Gasteiger partial charge in [-0.05, 0) is 43.4 Å². The van der Waals surface area contributed by atoms with E-state index in [1.54, 1.807) is 0 Å². The zero-order valence-electron chi connectivity index (χ0n) is 19.0. The minimum Gasteiger partial charge on any atom is -0.399 e. The molecule has 4 atom stereocenters. The number of hydrogen-bond acceptors (Lipinski definition) is 7. The van der Waals surface area contributed by atoms with Crippen molar-refractivity contribution in [1.29, 1.82) is 0 Å². The second-order valence-corrected chi connectivity index (χ2v) is 9.49. The summed E-state index contributed by atoms with van der Waals surface area (Å²) >= 11 is 0. The van der Waals surface area contributed by atoms with Crippen molar-refractivity contribution in [3.8, 4) is 0 Å². The highest BCUT2D eigenvalue weighted by Gasteiger charge is 2.63. The number of Topliss-reactive ketones (excluding diaryl/α,β-unsaturated/α-hetero) is 2. The van der Waals surface area contributed by atoms with E-state index in [2.05, 4.69) is 10.3 Å². The Hall–Kier alpha value is -1.63. The minimum atomic E-state index is -2.04. The molecule has 1 aliphatic carbocycles. The average Bonchev–Trinajstić information content (AvgIpc) is 2.81. The molecular weight excluding hydrogens is 372 g/mol. The summed E-state index contributed by atoms with van der Waals surface area (Å²) in [4.78, 5) is 43.2. The first-order valence-electron chi connectivity index (χ1n) is 10.7. The van der Waals surface area contributed by atoms with Crippen LogP contribution in [-0.2, 0) is 14.4 Å². The number of hydrogen-bond donors (Lipinski definition) is 1. The van der Waals surface area contributed by atoms with Gasteiger partial charge in [-0.25, -0.2) is 0 Å². The molecule has 7 nitrogen and oxygen atoms in total. The molecule has 0 aromatic carbocycles. The number of oxime groups is 1. The molecule has 1 N–H and O–H groups in total. The maximum absolute atomic E-state index is 13.4. The van der Waals surface area contributed by atoms with Gasteiger partial charge in [-0.3, -0.25) is 9.59 Å². The number of aliphatic hydroxyl groups is 1. The number of carbonyl (C=O) groups is 2. The fraction of sp³-hybridized carbons (Fsp3) is 0.864. The van der Waals surface area contributed by atoms with Gasteiger partial charge in [0.25, 0.3) is 0 Å². The van der Waals surface area contributed by atoms with Crippen LogP contribution < -0.4 is 0 Å². The van der Waals surface area contributed by atoms with Crippen LogP contribution in [0.3, 0.4) is 0 Å². The van der Waals surface area contributed by atoms with Crippen LogP contribution in [0.5, 0.6) is 0 Å². The van der Waals surface area contributed by atoms with Gasteiger partial charge in [0.15, 0.2) is 17.2 Å². The van der Waals surface area contributed by atoms with E-state index in [4.69, 9.17) is 4.84 Å². The first-order valence-corrected chi connectivity index (χ1v) is 10.7. The second-order valence-electron chi connectivity index (χ2n) is 9.49. The molecule has 0 spiro atoms. The molecule has 1 rings (SSSR count). The van der Waals surface area contributed by atoms with Gasteiger partial charge < -0.3 is 9.94 Å². The number of rotatable bonds is 12. The van der Waals surface area contributed by atoms with Crippen molar-refractivity contribution in [2.75, 3.05) is 7.11 Å². The van der Waals surface area contributed by atoms with E-state index in [9.17, 15) is 19.6 Å². The molecule has 0 radical (unpaired) electrons. The Morgan fingerprint density at radius 3 is 2.10 bits per heavy atom. The molecule has 166 valence electrons. The van der Waals surface area contributed by atoms with Crippen molar-refractivity contribution in [3.63, 3.8) is 0 Å². The summed E-state index contributed by atoms with van der Waals surface area (Å²) in [5, 5.41) is 18.7. The van der Waals surface area contributed by atoms with E-state index in [0.29, 0.717) is 43.9 Å². The van der Waals surface area contributed by atoms with E-state index in [1.807, 2.05) is 41.5 Å². The summed E-state index contributed by atoms with van der Waals surface area (Å²) in [5.41, 5.74) is -1.86. The molecule has 29 heavy (non-hydrogen) atoms. The minimum absolute atomic E-state index is 0.0918. The molecule has 0 aromatic rings. The topological polar surface area (TPSA) is 105 Å². The third-order valence-electron chi connectivity index (χ3n) is 5.68. The lowest BCUT2D eigenvalue weighted by Crippen LogP contribution is -2.50. The van der Waals surface area contributed by atoms with Gasteiger partial charge in [-0.1, -0.05) is 58.3 Å². The molecule has 0 bridgehead atoms. The van der Waals surface area contributed by atoms with Crippen LogP contribution in [0.4, 0.5) is 0 Å². The van der Waals surface area contributed by atoms with Crippen LogP contribution >= 0.6 is 0 Å². The third-order valence-corrected chi connectivity index (χ3v) is 5.68. The monoisotopic (exact) mass is 410 g/mol. The van der Waals surface area contributed by atoms with Gasteiger partial charge >= 0.3 is 0 Å². The Balaban J connectivity index is 3.43. The molecule has 0 amide bonds. The van der Waals surface area contributed by atoms with E-state index in [-0.39, 0.29) is 11.6 Å². The highest BCUT2D eigenvalue weighted by molar-refractivity contribution is 6.27. The smallest absolute Gasteiger partial charge is 0.183 e. The average molecular weight is 411 g/mol. The van der Waals surface area contributed by atoms with Crippen molar-refractivity contribution in [3.05, 3.63) is 4.91 Å². The third kappa shape index (κ3) is 5.93. The summed E-state index contributed by atoms with van der Waals surface area (Å²) in [6.07, 6.45) is 2.38. The number of nitroso groups, excluding NO2 is 1. The lowest BCUT2D eigenvalue weighted by molar-refractivity contribution is -0.133. The predicted molar refractivity (Wildman–Crippen MR) is 114 cm³/mol.